The number of carbonyl (C=O) groups excluding carboxylic acids is 2. The number of fused-ring (bicyclic) bond motifs is 2. The number of aromatic hydroxyl groups is 1. The van der Waals surface area contributed by atoms with Crippen LogP contribution in [0.4, 0.5) is 10.1 Å². The lowest BCUT2D eigenvalue weighted by molar-refractivity contribution is -0.121. The van der Waals surface area contributed by atoms with Gasteiger partial charge in [0.25, 0.3) is 5.91 Å². The summed E-state index contributed by atoms with van der Waals surface area (Å²) in [5.74, 6) is -1.20. The molecule has 0 radical (unpaired) electrons. The Morgan fingerprint density at radius 1 is 1.27 bits per heavy atom. The lowest BCUT2D eigenvalue weighted by Gasteiger charge is -2.24. The third-order valence-electron chi connectivity index (χ3n) is 5.41. The maximum Gasteiger partial charge on any atom is 0.258 e. The average Bonchev–Trinajstić information content (AvgIpc) is 3.05. The summed E-state index contributed by atoms with van der Waals surface area (Å²) in [6.45, 7) is 4.12. The van der Waals surface area contributed by atoms with Gasteiger partial charge in [-0.3, -0.25) is 14.6 Å². The second-order valence-electron chi connectivity index (χ2n) is 7.79. The Balaban J connectivity index is 1.85. The molecule has 3 aromatic rings. The molecule has 0 unspecified atom stereocenters. The highest BCUT2D eigenvalue weighted by molar-refractivity contribution is 6.14. The zero-order valence-electron chi connectivity index (χ0n) is 17.0. The molecule has 1 aliphatic rings. The van der Waals surface area contributed by atoms with E-state index in [1.54, 1.807) is 41.1 Å². The van der Waals surface area contributed by atoms with Crippen LogP contribution in [0.15, 0.2) is 42.6 Å². The zero-order valence-corrected chi connectivity index (χ0v) is 17.0. The maximum atomic E-state index is 13.2. The van der Waals surface area contributed by atoms with Gasteiger partial charge < -0.3 is 14.9 Å². The summed E-state index contributed by atoms with van der Waals surface area (Å²) >= 11 is 0. The van der Waals surface area contributed by atoms with Crippen molar-refractivity contribution in [2.75, 3.05) is 11.9 Å². The van der Waals surface area contributed by atoms with Gasteiger partial charge >= 0.3 is 0 Å². The number of pyridine rings is 1. The normalized spacial score (nSPS) is 13.2. The highest BCUT2D eigenvalue weighted by Crippen LogP contribution is 2.44. The number of benzene rings is 2. The molecule has 7 heteroatoms. The fraction of sp³-hybridized carbons (Fsp3) is 0.261. The lowest BCUT2D eigenvalue weighted by atomic mass is 9.99. The molecule has 2 heterocycles. The van der Waals surface area contributed by atoms with Crippen LogP contribution in [0.3, 0.4) is 0 Å². The molecule has 154 valence electrons. The van der Waals surface area contributed by atoms with Gasteiger partial charge in [0.1, 0.15) is 11.3 Å². The van der Waals surface area contributed by atoms with E-state index in [0.29, 0.717) is 16.6 Å². The molecule has 2 aromatic carbocycles. The number of phenols is 1. The lowest BCUT2D eigenvalue weighted by Crippen LogP contribution is -2.31. The standard InChI is InChI=1S/C23H22FN3O3/c1-13(2)22(29)26(3)20-16-5-4-10-25-19(16)21(28)18-17(20)12-27(23(18)30)11-14-6-8-15(24)9-7-14/h4-10,13,28H,11-12H2,1-3H3. The van der Waals surface area contributed by atoms with Gasteiger partial charge in [-0.2, -0.15) is 0 Å². The second-order valence-corrected chi connectivity index (χ2v) is 7.79. The molecule has 0 atom stereocenters. The predicted molar refractivity (Wildman–Crippen MR) is 112 cm³/mol. The molecule has 1 aliphatic heterocycles. The van der Waals surface area contributed by atoms with Gasteiger partial charge in [0.05, 0.1) is 11.3 Å². The first-order valence-electron chi connectivity index (χ1n) is 9.73. The van der Waals surface area contributed by atoms with Crippen LogP contribution in [-0.2, 0) is 17.9 Å². The number of amides is 2. The van der Waals surface area contributed by atoms with E-state index in [1.165, 1.54) is 18.3 Å². The molecular formula is C23H22FN3O3. The Morgan fingerprint density at radius 2 is 1.97 bits per heavy atom. The minimum atomic E-state index is -0.346. The minimum absolute atomic E-state index is 0.0996. The van der Waals surface area contributed by atoms with Crippen LogP contribution in [0.2, 0.25) is 0 Å². The summed E-state index contributed by atoms with van der Waals surface area (Å²) in [7, 11) is 1.68. The summed E-state index contributed by atoms with van der Waals surface area (Å²) in [4.78, 5) is 33.3. The van der Waals surface area contributed by atoms with E-state index in [1.807, 2.05) is 13.8 Å². The van der Waals surface area contributed by atoms with Gasteiger partial charge in [0, 0.05) is 43.2 Å². The number of anilines is 1. The average molecular weight is 407 g/mol. The molecule has 1 N–H and O–H groups in total. The molecule has 4 rings (SSSR count). The first kappa shape index (κ1) is 19.8. The Bertz CT molecular complexity index is 1160. The first-order chi connectivity index (χ1) is 14.3. The fourth-order valence-corrected chi connectivity index (χ4v) is 3.95. The quantitative estimate of drug-likeness (QED) is 0.713. The second kappa shape index (κ2) is 7.40. The topological polar surface area (TPSA) is 73.7 Å². The Morgan fingerprint density at radius 3 is 2.63 bits per heavy atom. The smallest absolute Gasteiger partial charge is 0.258 e. The third-order valence-corrected chi connectivity index (χ3v) is 5.41. The molecular weight excluding hydrogens is 385 g/mol. The number of rotatable bonds is 4. The van der Waals surface area contributed by atoms with Gasteiger partial charge in [0.2, 0.25) is 5.91 Å². The number of phenolic OH excluding ortho intramolecular Hbond substituents is 1. The van der Waals surface area contributed by atoms with Crippen LogP contribution in [0.5, 0.6) is 5.75 Å². The predicted octanol–water partition coefficient (Wildman–Crippen LogP) is 3.85. The van der Waals surface area contributed by atoms with Crippen molar-refractivity contribution in [2.45, 2.75) is 26.9 Å². The van der Waals surface area contributed by atoms with E-state index in [0.717, 1.165) is 5.56 Å². The Kier molecular flexibility index (Phi) is 4.89. The molecule has 0 bridgehead atoms. The van der Waals surface area contributed by atoms with Crippen molar-refractivity contribution in [3.63, 3.8) is 0 Å². The summed E-state index contributed by atoms with van der Waals surface area (Å²) in [6, 6.07) is 9.46. The van der Waals surface area contributed by atoms with E-state index < -0.39 is 0 Å². The number of nitrogens with zero attached hydrogens (tertiary/aromatic N) is 3. The van der Waals surface area contributed by atoms with Crippen molar-refractivity contribution in [3.05, 3.63) is 65.1 Å². The molecule has 6 nitrogen and oxygen atoms in total. The first-order valence-corrected chi connectivity index (χ1v) is 9.73. The minimum Gasteiger partial charge on any atom is -0.505 e. The van der Waals surface area contributed by atoms with E-state index in [9.17, 15) is 19.1 Å². The van der Waals surface area contributed by atoms with Gasteiger partial charge in [0.15, 0.2) is 5.75 Å². The van der Waals surface area contributed by atoms with Crippen LogP contribution in [0, 0.1) is 11.7 Å². The van der Waals surface area contributed by atoms with Crippen LogP contribution < -0.4 is 4.90 Å². The van der Waals surface area contributed by atoms with Gasteiger partial charge in [-0.1, -0.05) is 26.0 Å². The molecule has 0 saturated carbocycles. The van der Waals surface area contributed by atoms with Crippen LogP contribution in [-0.4, -0.2) is 33.9 Å². The monoisotopic (exact) mass is 407 g/mol. The fourth-order valence-electron chi connectivity index (χ4n) is 3.95. The van der Waals surface area contributed by atoms with Gasteiger partial charge in [-0.05, 0) is 29.8 Å². The van der Waals surface area contributed by atoms with E-state index in [2.05, 4.69) is 4.98 Å². The molecule has 0 saturated heterocycles. The Labute approximate surface area is 173 Å². The van der Waals surface area contributed by atoms with E-state index in [-0.39, 0.29) is 53.5 Å². The van der Waals surface area contributed by atoms with E-state index in [4.69, 9.17) is 0 Å². The van der Waals surface area contributed by atoms with E-state index >= 15 is 0 Å². The van der Waals surface area contributed by atoms with Crippen molar-refractivity contribution >= 4 is 28.4 Å². The van der Waals surface area contributed by atoms with Crippen molar-refractivity contribution in [1.29, 1.82) is 0 Å². The van der Waals surface area contributed by atoms with Crippen molar-refractivity contribution in [2.24, 2.45) is 5.92 Å². The highest BCUT2D eigenvalue weighted by atomic mass is 19.1. The highest BCUT2D eigenvalue weighted by Gasteiger charge is 2.36. The van der Waals surface area contributed by atoms with Gasteiger partial charge in [-0.15, -0.1) is 0 Å². The summed E-state index contributed by atoms with van der Waals surface area (Å²) in [5.41, 5.74) is 2.40. The molecule has 0 fully saturated rings. The van der Waals surface area contributed by atoms with Crippen molar-refractivity contribution in [1.82, 2.24) is 9.88 Å². The summed E-state index contributed by atoms with van der Waals surface area (Å²) < 4.78 is 13.2. The summed E-state index contributed by atoms with van der Waals surface area (Å²) in [5, 5.41) is 11.5. The number of hydrogen-bond donors (Lipinski definition) is 1. The zero-order chi connectivity index (χ0) is 21.6. The SMILES string of the molecule is CC(C)C(=O)N(C)c1c2c(c(O)c3ncccc13)C(=O)N(Cc1ccc(F)cc1)C2. The van der Waals surface area contributed by atoms with Crippen molar-refractivity contribution in [3.8, 4) is 5.75 Å². The summed E-state index contributed by atoms with van der Waals surface area (Å²) in [6.07, 6.45) is 1.54. The van der Waals surface area contributed by atoms with Gasteiger partial charge in [-0.25, -0.2) is 4.39 Å². The molecule has 30 heavy (non-hydrogen) atoms. The number of aromatic nitrogens is 1. The Hall–Kier alpha value is -3.48. The molecule has 0 aliphatic carbocycles. The molecule has 2 amide bonds. The van der Waals surface area contributed by atoms with Crippen LogP contribution in [0.1, 0.15) is 35.3 Å². The maximum absolute atomic E-state index is 13.2. The molecule has 0 spiro atoms. The van der Waals surface area contributed by atoms with Crippen molar-refractivity contribution < 1.29 is 19.1 Å². The number of hydrogen-bond acceptors (Lipinski definition) is 4. The largest absolute Gasteiger partial charge is 0.505 e. The van der Waals surface area contributed by atoms with Crippen LogP contribution >= 0.6 is 0 Å². The van der Waals surface area contributed by atoms with Crippen LogP contribution in [0.25, 0.3) is 10.9 Å². The number of carbonyl (C=O) groups is 2. The number of halogens is 1. The molecule has 1 aromatic heterocycles. The third kappa shape index (κ3) is 3.16.